The molecule has 15 heavy (non-hydrogen) atoms. The molecule has 90 valence electrons. The van der Waals surface area contributed by atoms with E-state index in [0.717, 1.165) is 0 Å². The molecule has 0 radical (unpaired) electrons. The van der Waals surface area contributed by atoms with Gasteiger partial charge in [0.1, 0.15) is 0 Å². The van der Waals surface area contributed by atoms with Crippen LogP contribution in [0.1, 0.15) is 20.3 Å². The summed E-state index contributed by atoms with van der Waals surface area (Å²) < 4.78 is 0. The van der Waals surface area contributed by atoms with Crippen LogP contribution in [0.25, 0.3) is 0 Å². The van der Waals surface area contributed by atoms with Crippen molar-refractivity contribution in [3.63, 3.8) is 0 Å². The third-order valence-corrected chi connectivity index (χ3v) is 3.32. The third-order valence-electron chi connectivity index (χ3n) is 3.32. The standard InChI is InChI=1S/C12H27N3/c1-4-6-14(5-2)11-12-15-9-7-13(3)8-10-15/h4-12H2,1-3H3. The fourth-order valence-electron chi connectivity index (χ4n) is 2.10. The molecule has 0 bridgehead atoms. The van der Waals surface area contributed by atoms with E-state index in [1.165, 1.54) is 58.8 Å². The van der Waals surface area contributed by atoms with Gasteiger partial charge in [-0.15, -0.1) is 0 Å². The Bertz CT molecular complexity index is 153. The van der Waals surface area contributed by atoms with Gasteiger partial charge in [-0.05, 0) is 26.6 Å². The number of hydrogen-bond donors (Lipinski definition) is 0. The van der Waals surface area contributed by atoms with Gasteiger partial charge in [-0.3, -0.25) is 4.90 Å². The Morgan fingerprint density at radius 1 is 1.00 bits per heavy atom. The highest BCUT2D eigenvalue weighted by Crippen LogP contribution is 1.99. The van der Waals surface area contributed by atoms with Crippen molar-refractivity contribution in [2.24, 2.45) is 0 Å². The lowest BCUT2D eigenvalue weighted by molar-refractivity contribution is 0.136. The van der Waals surface area contributed by atoms with Crippen molar-refractivity contribution in [2.45, 2.75) is 20.3 Å². The Kier molecular flexibility index (Phi) is 6.22. The molecule has 0 amide bonds. The zero-order valence-electron chi connectivity index (χ0n) is 10.7. The van der Waals surface area contributed by atoms with Crippen molar-refractivity contribution in [3.8, 4) is 0 Å². The van der Waals surface area contributed by atoms with Gasteiger partial charge in [-0.2, -0.15) is 0 Å². The molecule has 0 aromatic heterocycles. The Morgan fingerprint density at radius 3 is 2.20 bits per heavy atom. The fourth-order valence-corrected chi connectivity index (χ4v) is 2.10. The number of likely N-dealkylation sites (N-methyl/N-ethyl adjacent to an activating group) is 2. The Morgan fingerprint density at radius 2 is 1.67 bits per heavy atom. The second-order valence-corrected chi connectivity index (χ2v) is 4.58. The van der Waals surface area contributed by atoms with E-state index in [2.05, 4.69) is 35.6 Å². The van der Waals surface area contributed by atoms with E-state index in [1.807, 2.05) is 0 Å². The molecular weight excluding hydrogens is 186 g/mol. The molecule has 3 heteroatoms. The van der Waals surface area contributed by atoms with Crippen LogP contribution in [0.15, 0.2) is 0 Å². The smallest absolute Gasteiger partial charge is 0.0110 e. The van der Waals surface area contributed by atoms with Gasteiger partial charge in [0.15, 0.2) is 0 Å². The molecule has 1 rings (SSSR count). The van der Waals surface area contributed by atoms with Crippen LogP contribution < -0.4 is 0 Å². The van der Waals surface area contributed by atoms with Crippen LogP contribution in [0.5, 0.6) is 0 Å². The summed E-state index contributed by atoms with van der Waals surface area (Å²) in [6.07, 6.45) is 1.27. The normalized spacial score (nSPS) is 20.0. The van der Waals surface area contributed by atoms with Gasteiger partial charge in [0.05, 0.1) is 0 Å². The second kappa shape index (κ2) is 7.20. The molecular formula is C12H27N3. The molecule has 1 aliphatic heterocycles. The summed E-state index contributed by atoms with van der Waals surface area (Å²) in [5.41, 5.74) is 0. The van der Waals surface area contributed by atoms with Crippen molar-refractivity contribution >= 4 is 0 Å². The highest BCUT2D eigenvalue weighted by molar-refractivity contribution is 4.70. The summed E-state index contributed by atoms with van der Waals surface area (Å²) in [6.45, 7) is 14.4. The molecule has 0 aromatic carbocycles. The summed E-state index contributed by atoms with van der Waals surface area (Å²) in [7, 11) is 2.22. The minimum Gasteiger partial charge on any atom is -0.304 e. The predicted octanol–water partition coefficient (Wildman–Crippen LogP) is 0.966. The van der Waals surface area contributed by atoms with Crippen LogP contribution in [-0.4, -0.2) is 74.1 Å². The van der Waals surface area contributed by atoms with E-state index in [0.29, 0.717) is 0 Å². The molecule has 0 aliphatic carbocycles. The van der Waals surface area contributed by atoms with Crippen LogP contribution in [0.2, 0.25) is 0 Å². The molecule has 0 saturated carbocycles. The van der Waals surface area contributed by atoms with Crippen molar-refractivity contribution in [1.82, 2.24) is 14.7 Å². The quantitative estimate of drug-likeness (QED) is 0.651. The molecule has 0 N–H and O–H groups in total. The van der Waals surface area contributed by atoms with E-state index >= 15 is 0 Å². The highest BCUT2D eigenvalue weighted by atomic mass is 15.3. The fraction of sp³-hybridized carbons (Fsp3) is 1.00. The van der Waals surface area contributed by atoms with Crippen molar-refractivity contribution in [3.05, 3.63) is 0 Å². The molecule has 1 saturated heterocycles. The average Bonchev–Trinajstić information content (AvgIpc) is 2.26. The van der Waals surface area contributed by atoms with E-state index in [-0.39, 0.29) is 0 Å². The topological polar surface area (TPSA) is 9.72 Å². The van der Waals surface area contributed by atoms with Gasteiger partial charge in [-0.1, -0.05) is 13.8 Å². The first-order valence-corrected chi connectivity index (χ1v) is 6.39. The lowest BCUT2D eigenvalue weighted by atomic mass is 10.3. The van der Waals surface area contributed by atoms with Gasteiger partial charge in [0.25, 0.3) is 0 Å². The first kappa shape index (κ1) is 12.9. The third kappa shape index (κ3) is 4.96. The van der Waals surface area contributed by atoms with Crippen LogP contribution in [0.4, 0.5) is 0 Å². The lowest BCUT2D eigenvalue weighted by Gasteiger charge is -2.33. The van der Waals surface area contributed by atoms with Crippen molar-refractivity contribution in [2.75, 3.05) is 59.4 Å². The molecule has 1 aliphatic rings. The summed E-state index contributed by atoms with van der Waals surface area (Å²) >= 11 is 0. The molecule has 1 fully saturated rings. The number of hydrogen-bond acceptors (Lipinski definition) is 3. The van der Waals surface area contributed by atoms with Crippen LogP contribution >= 0.6 is 0 Å². The molecule has 0 atom stereocenters. The second-order valence-electron chi connectivity index (χ2n) is 4.58. The van der Waals surface area contributed by atoms with Gasteiger partial charge in [0, 0.05) is 39.3 Å². The molecule has 1 heterocycles. The highest BCUT2D eigenvalue weighted by Gasteiger charge is 2.13. The van der Waals surface area contributed by atoms with Crippen molar-refractivity contribution in [1.29, 1.82) is 0 Å². The summed E-state index contributed by atoms with van der Waals surface area (Å²) in [4.78, 5) is 7.57. The summed E-state index contributed by atoms with van der Waals surface area (Å²) in [5, 5.41) is 0. The largest absolute Gasteiger partial charge is 0.304 e. The minimum absolute atomic E-state index is 1.20. The van der Waals surface area contributed by atoms with E-state index in [9.17, 15) is 0 Å². The van der Waals surface area contributed by atoms with Crippen LogP contribution in [-0.2, 0) is 0 Å². The molecule has 3 nitrogen and oxygen atoms in total. The average molecular weight is 213 g/mol. The number of nitrogens with zero attached hydrogens (tertiary/aromatic N) is 3. The molecule has 0 spiro atoms. The first-order valence-electron chi connectivity index (χ1n) is 6.39. The number of rotatable bonds is 6. The van der Waals surface area contributed by atoms with Crippen LogP contribution in [0, 0.1) is 0 Å². The summed E-state index contributed by atoms with van der Waals surface area (Å²) in [6, 6.07) is 0. The zero-order valence-corrected chi connectivity index (χ0v) is 10.7. The lowest BCUT2D eigenvalue weighted by Crippen LogP contribution is -2.47. The van der Waals surface area contributed by atoms with E-state index in [4.69, 9.17) is 0 Å². The Balaban J connectivity index is 2.12. The maximum absolute atomic E-state index is 2.60. The minimum atomic E-state index is 1.20. The van der Waals surface area contributed by atoms with E-state index in [1.54, 1.807) is 0 Å². The summed E-state index contributed by atoms with van der Waals surface area (Å²) in [5.74, 6) is 0. The SMILES string of the molecule is CCCN(CC)CCN1CCN(C)CC1. The van der Waals surface area contributed by atoms with Gasteiger partial charge in [0.2, 0.25) is 0 Å². The zero-order chi connectivity index (χ0) is 11.1. The molecule has 0 aromatic rings. The van der Waals surface area contributed by atoms with Crippen molar-refractivity contribution < 1.29 is 0 Å². The molecule has 0 unspecified atom stereocenters. The van der Waals surface area contributed by atoms with Gasteiger partial charge in [-0.25, -0.2) is 0 Å². The predicted molar refractivity (Wildman–Crippen MR) is 66.3 cm³/mol. The number of piperazine rings is 1. The Hall–Kier alpha value is -0.120. The monoisotopic (exact) mass is 213 g/mol. The maximum atomic E-state index is 2.60. The maximum Gasteiger partial charge on any atom is 0.0110 e. The Labute approximate surface area is 95.0 Å². The first-order chi connectivity index (χ1) is 7.26. The van der Waals surface area contributed by atoms with E-state index < -0.39 is 0 Å². The van der Waals surface area contributed by atoms with Gasteiger partial charge >= 0.3 is 0 Å². The van der Waals surface area contributed by atoms with Crippen LogP contribution in [0.3, 0.4) is 0 Å². The van der Waals surface area contributed by atoms with Gasteiger partial charge < -0.3 is 9.80 Å².